The Kier molecular flexibility index (Phi) is 22.6. The molecule has 2 atom stereocenters. The van der Waals surface area contributed by atoms with E-state index in [1.165, 1.54) is 0 Å². The van der Waals surface area contributed by atoms with Crippen LogP contribution in [0.15, 0.2) is 128 Å². The number of amides is 2. The number of para-hydroxylation sites is 2. The molecule has 338 valence electrons. The van der Waals surface area contributed by atoms with Gasteiger partial charge in [0.15, 0.2) is 11.6 Å². The molecule has 5 rings (SSSR count). The van der Waals surface area contributed by atoms with Crippen LogP contribution >= 0.6 is 0 Å². The minimum absolute atomic E-state index is 0.00106. The fraction of sp³-hybridized carbons (Fsp3) is 0.353. The van der Waals surface area contributed by atoms with E-state index in [-0.39, 0.29) is 49.4 Å². The first-order valence-electron chi connectivity index (χ1n) is 21.8. The lowest BCUT2D eigenvalue weighted by Gasteiger charge is -2.17. The number of Topliss-reactive ketones (excluding diaryl/α,β-unsaturated/α-hetero) is 2. The Morgan fingerprint density at radius 1 is 0.516 bits per heavy atom. The van der Waals surface area contributed by atoms with Crippen LogP contribution in [-0.4, -0.2) is 63.7 Å². The van der Waals surface area contributed by atoms with Crippen molar-refractivity contribution in [2.45, 2.75) is 90.3 Å². The molecule has 1 aromatic heterocycles. The van der Waals surface area contributed by atoms with Crippen molar-refractivity contribution in [1.29, 1.82) is 0 Å². The number of fused-ring (bicyclic) bond motifs is 1. The van der Waals surface area contributed by atoms with Crippen LogP contribution in [0.3, 0.4) is 0 Å². The fourth-order valence-corrected chi connectivity index (χ4v) is 6.79. The summed E-state index contributed by atoms with van der Waals surface area (Å²) < 4.78 is 10.7. The summed E-state index contributed by atoms with van der Waals surface area (Å²) in [4.78, 5) is 77.6. The Morgan fingerprint density at radius 2 is 0.984 bits per heavy atom. The molecule has 13 nitrogen and oxygen atoms in total. The van der Waals surface area contributed by atoms with Crippen molar-refractivity contribution in [3.8, 4) is 0 Å². The quantitative estimate of drug-likeness (QED) is 0.0308. The number of aliphatic hydroxyl groups excluding tert-OH is 2. The molecular weight excluding hydrogens is 815 g/mol. The van der Waals surface area contributed by atoms with Crippen LogP contribution in [0, 0.1) is 11.8 Å². The third-order valence-electron chi connectivity index (χ3n) is 10.4. The smallest absolute Gasteiger partial charge is 0.306 e. The van der Waals surface area contributed by atoms with Crippen LogP contribution in [-0.2, 0) is 51.5 Å². The third-order valence-corrected chi connectivity index (χ3v) is 10.4. The zero-order valence-electron chi connectivity index (χ0n) is 36.2. The van der Waals surface area contributed by atoms with Crippen LogP contribution in [0.4, 0.5) is 11.4 Å². The Bertz CT molecular complexity index is 2200. The minimum Gasteiger partial charge on any atom is -0.461 e. The van der Waals surface area contributed by atoms with Crippen LogP contribution in [0.25, 0.3) is 10.9 Å². The second kappa shape index (κ2) is 28.9. The highest BCUT2D eigenvalue weighted by atomic mass is 16.5. The van der Waals surface area contributed by atoms with Gasteiger partial charge >= 0.3 is 11.9 Å². The summed E-state index contributed by atoms with van der Waals surface area (Å²) in [7, 11) is 0. The van der Waals surface area contributed by atoms with Crippen molar-refractivity contribution in [3.63, 3.8) is 0 Å². The number of rotatable bonds is 26. The number of carbonyl (C=O) groups is 6. The predicted octanol–water partition coefficient (Wildman–Crippen LogP) is 8.32. The minimum atomic E-state index is -0.573. The standard InChI is InChI=1S/C27H30N2O5.C24H29NO5/c30-18-23(31)14-6-2-5-11-22(17-25(32)34-19-20-9-3-1-4-10-20)27(33)29-24-15-7-12-21-13-8-16-28-26(21)24;26-17-22(27)15-9-2-6-12-20(24(29)25-21-13-7-3-8-14-21)16-23(28)30-18-19-10-4-1-5-11-19/h1,3-4,7-10,12-13,15-16,22,30H,2,5-6,11,14,17-19H2,(H,29,33);1,3-5,7-8,10-11,13-14,20,26H,2,6,9,12,15-18H2,(H,25,29). The summed E-state index contributed by atoms with van der Waals surface area (Å²) in [6.45, 7) is -0.548. The normalized spacial score (nSPS) is 11.6. The number of benzene rings is 4. The number of nitrogens with zero attached hydrogens (tertiary/aromatic N) is 1. The molecule has 2 amide bonds. The SMILES string of the molecule is O=C(CO)CCCCCC(CC(=O)OCc1ccccc1)C(=O)Nc1cccc2cccnc12.O=C(CO)CCCCCC(CC(=O)OCc1ccccc1)C(=O)Nc1ccccc1. The molecule has 0 saturated heterocycles. The van der Waals surface area contributed by atoms with Crippen LogP contribution in [0.5, 0.6) is 0 Å². The Morgan fingerprint density at radius 3 is 1.48 bits per heavy atom. The van der Waals surface area contributed by atoms with Gasteiger partial charge in [-0.05, 0) is 61.1 Å². The largest absolute Gasteiger partial charge is 0.461 e. The number of hydrogen-bond donors (Lipinski definition) is 4. The first-order chi connectivity index (χ1) is 31.1. The molecule has 2 unspecified atom stereocenters. The van der Waals surface area contributed by atoms with E-state index < -0.39 is 37.0 Å². The monoisotopic (exact) mass is 873 g/mol. The van der Waals surface area contributed by atoms with E-state index in [4.69, 9.17) is 19.7 Å². The first-order valence-corrected chi connectivity index (χ1v) is 21.8. The summed E-state index contributed by atoms with van der Waals surface area (Å²) in [5.74, 6) is -2.79. The van der Waals surface area contributed by atoms with Crippen molar-refractivity contribution in [1.82, 2.24) is 4.98 Å². The van der Waals surface area contributed by atoms with E-state index in [0.29, 0.717) is 68.3 Å². The van der Waals surface area contributed by atoms with E-state index >= 15 is 0 Å². The molecule has 4 N–H and O–H groups in total. The van der Waals surface area contributed by atoms with Gasteiger partial charge in [0.25, 0.3) is 0 Å². The number of pyridine rings is 1. The average molecular weight is 874 g/mol. The number of carbonyl (C=O) groups excluding carboxylic acids is 6. The molecule has 1 heterocycles. The summed E-state index contributed by atoms with van der Waals surface area (Å²) in [6.07, 6.45) is 7.44. The van der Waals surface area contributed by atoms with E-state index in [9.17, 15) is 28.8 Å². The second-order valence-electron chi connectivity index (χ2n) is 15.4. The maximum atomic E-state index is 13.2. The number of aromatic nitrogens is 1. The number of anilines is 2. The topological polar surface area (TPSA) is 198 Å². The molecule has 0 spiro atoms. The maximum absolute atomic E-state index is 13.2. The van der Waals surface area contributed by atoms with E-state index in [1.807, 2.05) is 103 Å². The second-order valence-corrected chi connectivity index (χ2v) is 15.4. The van der Waals surface area contributed by atoms with Gasteiger partial charge in [-0.1, -0.05) is 123 Å². The molecule has 13 heteroatoms. The molecule has 0 aliphatic heterocycles. The Labute approximate surface area is 374 Å². The van der Waals surface area contributed by atoms with Crippen molar-refractivity contribution in [3.05, 3.63) is 139 Å². The molecule has 4 aromatic carbocycles. The van der Waals surface area contributed by atoms with Gasteiger partial charge < -0.3 is 30.3 Å². The average Bonchev–Trinajstić information content (AvgIpc) is 3.32. The molecule has 0 fully saturated rings. The van der Waals surface area contributed by atoms with E-state index in [0.717, 1.165) is 29.4 Å². The highest BCUT2D eigenvalue weighted by Gasteiger charge is 2.25. The van der Waals surface area contributed by atoms with Crippen molar-refractivity contribution in [2.75, 3.05) is 23.8 Å². The molecule has 0 aliphatic carbocycles. The maximum Gasteiger partial charge on any atom is 0.306 e. The lowest BCUT2D eigenvalue weighted by atomic mass is 9.96. The van der Waals surface area contributed by atoms with Gasteiger partial charge in [-0.15, -0.1) is 0 Å². The first kappa shape index (κ1) is 50.1. The fourth-order valence-electron chi connectivity index (χ4n) is 6.79. The molecule has 0 aliphatic rings. The van der Waals surface area contributed by atoms with Gasteiger partial charge in [0.2, 0.25) is 11.8 Å². The van der Waals surface area contributed by atoms with Crippen LogP contribution in [0.1, 0.15) is 88.2 Å². The number of aliphatic hydroxyl groups is 2. The number of hydrogen-bond acceptors (Lipinski definition) is 11. The van der Waals surface area contributed by atoms with Gasteiger partial charge in [-0.25, -0.2) is 0 Å². The number of esters is 2. The van der Waals surface area contributed by atoms with Crippen molar-refractivity contribution >= 4 is 57.6 Å². The molecule has 0 bridgehead atoms. The van der Waals surface area contributed by atoms with E-state index in [1.54, 1.807) is 24.4 Å². The molecule has 0 radical (unpaired) electrons. The van der Waals surface area contributed by atoms with E-state index in [2.05, 4.69) is 15.6 Å². The predicted molar refractivity (Wildman–Crippen MR) is 244 cm³/mol. The highest BCUT2D eigenvalue weighted by molar-refractivity contribution is 6.02. The summed E-state index contributed by atoms with van der Waals surface area (Å²) in [5, 5.41) is 24.3. The van der Waals surface area contributed by atoms with Crippen molar-refractivity contribution in [2.24, 2.45) is 11.8 Å². The lowest BCUT2D eigenvalue weighted by Crippen LogP contribution is -2.26. The van der Waals surface area contributed by atoms with Gasteiger partial charge in [0.1, 0.15) is 26.4 Å². The Balaban J connectivity index is 0.000000283. The Hall–Kier alpha value is -6.57. The number of ether oxygens (including phenoxy) is 2. The number of ketones is 2. The summed E-state index contributed by atoms with van der Waals surface area (Å²) in [5.41, 5.74) is 3.74. The summed E-state index contributed by atoms with van der Waals surface area (Å²) >= 11 is 0. The molecule has 64 heavy (non-hydrogen) atoms. The summed E-state index contributed by atoms with van der Waals surface area (Å²) in [6, 6.07) is 37.2. The van der Waals surface area contributed by atoms with Crippen LogP contribution < -0.4 is 10.6 Å². The van der Waals surface area contributed by atoms with Crippen molar-refractivity contribution < 1.29 is 48.5 Å². The zero-order valence-corrected chi connectivity index (χ0v) is 36.2. The highest BCUT2D eigenvalue weighted by Crippen LogP contribution is 2.24. The van der Waals surface area contributed by atoms with Crippen LogP contribution in [0.2, 0.25) is 0 Å². The number of unbranched alkanes of at least 4 members (excludes halogenated alkanes) is 4. The molecule has 5 aromatic rings. The molecule has 0 saturated carbocycles. The van der Waals surface area contributed by atoms with Gasteiger partial charge in [0.05, 0.1) is 24.0 Å². The van der Waals surface area contributed by atoms with Gasteiger partial charge in [0, 0.05) is 41.9 Å². The van der Waals surface area contributed by atoms with Gasteiger partial charge in [-0.2, -0.15) is 0 Å². The molecular formula is C51H59N3O10. The lowest BCUT2D eigenvalue weighted by molar-refractivity contribution is -0.148. The van der Waals surface area contributed by atoms with Gasteiger partial charge in [-0.3, -0.25) is 33.8 Å². The number of nitrogens with one attached hydrogen (secondary N) is 2. The zero-order chi connectivity index (χ0) is 45.8. The third kappa shape index (κ3) is 19.2.